The number of Topliss-reactive ketones (excluding diaryl/α,β-unsaturated/α-hetero) is 1. The van der Waals surface area contributed by atoms with E-state index in [0.717, 1.165) is 11.3 Å². The number of hydrogen-bond acceptors (Lipinski definition) is 4. The zero-order valence-corrected chi connectivity index (χ0v) is 14.5. The zero-order valence-electron chi connectivity index (χ0n) is 13.7. The molecular formula is C19H17ClN2O3. The Morgan fingerprint density at radius 3 is 2.92 bits per heavy atom. The molecule has 0 saturated heterocycles. The highest BCUT2D eigenvalue weighted by atomic mass is 35.5. The summed E-state index contributed by atoms with van der Waals surface area (Å²) in [7, 11) is 1.62. The van der Waals surface area contributed by atoms with E-state index in [0.29, 0.717) is 41.2 Å². The van der Waals surface area contributed by atoms with Crippen molar-refractivity contribution in [1.29, 1.82) is 0 Å². The number of nitrogens with one attached hydrogen (secondary N) is 1. The molecule has 0 aromatic heterocycles. The topological polar surface area (TPSA) is 58.6 Å². The number of anilines is 1. The summed E-state index contributed by atoms with van der Waals surface area (Å²) in [5, 5.41) is 3.46. The predicted molar refractivity (Wildman–Crippen MR) is 95.9 cm³/mol. The number of rotatable bonds is 2. The molecule has 1 aliphatic carbocycles. The fourth-order valence-electron chi connectivity index (χ4n) is 3.57. The molecule has 2 aliphatic heterocycles. The average molecular weight is 357 g/mol. The zero-order chi connectivity index (χ0) is 17.6. The molecular weight excluding hydrogens is 340 g/mol. The predicted octanol–water partition coefficient (Wildman–Crippen LogP) is 3.22. The van der Waals surface area contributed by atoms with Crippen LogP contribution in [0.25, 0.3) is 0 Å². The molecule has 1 aromatic carbocycles. The molecule has 0 spiro atoms. The highest BCUT2D eigenvalue weighted by Gasteiger charge is 2.39. The number of carbonyl (C=O) groups excluding carboxylic acids is 2. The molecule has 0 fully saturated rings. The molecule has 4 rings (SSSR count). The Hall–Kier alpha value is -2.53. The minimum Gasteiger partial charge on any atom is -0.497 e. The maximum atomic E-state index is 12.6. The first kappa shape index (κ1) is 16.0. The Labute approximate surface area is 150 Å². The molecule has 1 N–H and O–H groups in total. The maximum Gasteiger partial charge on any atom is 0.255 e. The lowest BCUT2D eigenvalue weighted by atomic mass is 9.92. The van der Waals surface area contributed by atoms with Gasteiger partial charge in [0.2, 0.25) is 0 Å². The number of allylic oxidation sites excluding steroid dienone is 4. The molecule has 1 aromatic rings. The number of methoxy groups -OCH3 is 1. The SMILES string of the molecule is COC1=CC=C(C2NC(=O)c3ccc(Cl)c4c3N2CCC4=O)CC=C1. The van der Waals surface area contributed by atoms with Gasteiger partial charge in [-0.25, -0.2) is 0 Å². The van der Waals surface area contributed by atoms with E-state index in [1.54, 1.807) is 19.2 Å². The first-order valence-corrected chi connectivity index (χ1v) is 8.52. The first-order chi connectivity index (χ1) is 12.1. The molecule has 6 heteroatoms. The Morgan fingerprint density at radius 2 is 2.12 bits per heavy atom. The standard InChI is InChI=1S/C19H17ClN2O3/c1-25-12-4-2-3-11(5-6-12)18-21-19(24)13-7-8-14(20)16-15(23)9-10-22(18)17(13)16/h2,4-8,18H,3,9-10H2,1H3,(H,21,24). The number of amides is 1. The fourth-order valence-corrected chi connectivity index (χ4v) is 3.82. The third-order valence-electron chi connectivity index (χ3n) is 4.78. The van der Waals surface area contributed by atoms with Gasteiger partial charge in [0.25, 0.3) is 5.91 Å². The monoisotopic (exact) mass is 356 g/mol. The number of benzene rings is 1. The molecule has 128 valence electrons. The molecule has 25 heavy (non-hydrogen) atoms. The third kappa shape index (κ3) is 2.55. The van der Waals surface area contributed by atoms with E-state index < -0.39 is 0 Å². The summed E-state index contributed by atoms with van der Waals surface area (Å²) in [6.07, 6.45) is 8.52. The second kappa shape index (κ2) is 6.08. The normalized spacial score (nSPS) is 21.8. The molecule has 0 radical (unpaired) electrons. The number of ether oxygens (including phenoxy) is 1. The van der Waals surface area contributed by atoms with Crippen LogP contribution in [0.5, 0.6) is 0 Å². The van der Waals surface area contributed by atoms with Gasteiger partial charge < -0.3 is 15.0 Å². The van der Waals surface area contributed by atoms with Crippen LogP contribution < -0.4 is 10.2 Å². The van der Waals surface area contributed by atoms with Crippen LogP contribution in [0.2, 0.25) is 5.02 Å². The summed E-state index contributed by atoms with van der Waals surface area (Å²) in [6, 6.07) is 3.31. The van der Waals surface area contributed by atoms with Crippen LogP contribution in [0.15, 0.2) is 47.8 Å². The highest BCUT2D eigenvalue weighted by Crippen LogP contribution is 2.40. The van der Waals surface area contributed by atoms with Gasteiger partial charge >= 0.3 is 0 Å². The van der Waals surface area contributed by atoms with Gasteiger partial charge in [-0.15, -0.1) is 0 Å². The lowest BCUT2D eigenvalue weighted by Crippen LogP contribution is -2.56. The van der Waals surface area contributed by atoms with E-state index >= 15 is 0 Å². The Bertz CT molecular complexity index is 870. The van der Waals surface area contributed by atoms with Crippen LogP contribution in [-0.4, -0.2) is 31.5 Å². The Morgan fingerprint density at radius 1 is 1.28 bits per heavy atom. The lowest BCUT2D eigenvalue weighted by Gasteiger charge is -2.43. The molecule has 1 atom stereocenters. The lowest BCUT2D eigenvalue weighted by molar-refractivity contribution is 0.0928. The summed E-state index contributed by atoms with van der Waals surface area (Å²) in [5.41, 5.74) is 2.65. The minimum atomic E-state index is -0.303. The second-order valence-corrected chi connectivity index (χ2v) is 6.59. The van der Waals surface area contributed by atoms with Crippen LogP contribution in [0.4, 0.5) is 5.69 Å². The highest BCUT2D eigenvalue weighted by molar-refractivity contribution is 6.35. The van der Waals surface area contributed by atoms with E-state index in [1.807, 2.05) is 24.3 Å². The Balaban J connectivity index is 1.82. The second-order valence-electron chi connectivity index (χ2n) is 6.18. The van der Waals surface area contributed by atoms with Crippen molar-refractivity contribution in [2.45, 2.75) is 19.0 Å². The first-order valence-electron chi connectivity index (χ1n) is 8.14. The van der Waals surface area contributed by atoms with Gasteiger partial charge in [0.1, 0.15) is 11.9 Å². The Kier molecular flexibility index (Phi) is 3.88. The average Bonchev–Trinajstić information content (AvgIpc) is 2.85. The van der Waals surface area contributed by atoms with Gasteiger partial charge in [-0.1, -0.05) is 23.8 Å². The smallest absolute Gasteiger partial charge is 0.255 e. The number of hydrogen-bond donors (Lipinski definition) is 1. The minimum absolute atomic E-state index is 0.0112. The fraction of sp³-hybridized carbons (Fsp3) is 0.263. The van der Waals surface area contributed by atoms with Gasteiger partial charge in [-0.05, 0) is 36.3 Å². The van der Waals surface area contributed by atoms with Gasteiger partial charge in [-0.3, -0.25) is 9.59 Å². The van der Waals surface area contributed by atoms with Crippen LogP contribution in [0.3, 0.4) is 0 Å². The van der Waals surface area contributed by atoms with E-state index in [9.17, 15) is 9.59 Å². The number of halogens is 1. The summed E-state index contributed by atoms with van der Waals surface area (Å²) in [5.74, 6) is 0.562. The van der Waals surface area contributed by atoms with Crippen molar-refractivity contribution in [2.24, 2.45) is 0 Å². The van der Waals surface area contributed by atoms with Crippen LogP contribution >= 0.6 is 11.6 Å². The molecule has 0 saturated carbocycles. The molecule has 2 heterocycles. The number of carbonyl (C=O) groups is 2. The quantitative estimate of drug-likeness (QED) is 0.884. The summed E-state index contributed by atoms with van der Waals surface area (Å²) in [6.45, 7) is 0.548. The summed E-state index contributed by atoms with van der Waals surface area (Å²) in [4.78, 5) is 27.1. The molecule has 3 aliphatic rings. The molecule has 0 bridgehead atoms. The van der Waals surface area contributed by atoms with E-state index in [2.05, 4.69) is 10.2 Å². The van der Waals surface area contributed by atoms with Gasteiger partial charge in [0.15, 0.2) is 5.78 Å². The third-order valence-corrected chi connectivity index (χ3v) is 5.10. The van der Waals surface area contributed by atoms with Crippen molar-refractivity contribution in [3.63, 3.8) is 0 Å². The van der Waals surface area contributed by atoms with Gasteiger partial charge in [-0.2, -0.15) is 0 Å². The number of ketones is 1. The van der Waals surface area contributed by atoms with Gasteiger partial charge in [0, 0.05) is 13.0 Å². The molecule has 1 unspecified atom stereocenters. The van der Waals surface area contributed by atoms with Crippen molar-refractivity contribution in [3.8, 4) is 0 Å². The van der Waals surface area contributed by atoms with E-state index in [4.69, 9.17) is 16.3 Å². The summed E-state index contributed by atoms with van der Waals surface area (Å²) >= 11 is 6.27. The van der Waals surface area contributed by atoms with E-state index in [-0.39, 0.29) is 17.9 Å². The van der Waals surface area contributed by atoms with Crippen molar-refractivity contribution >= 4 is 29.0 Å². The summed E-state index contributed by atoms with van der Waals surface area (Å²) < 4.78 is 5.26. The van der Waals surface area contributed by atoms with Crippen molar-refractivity contribution in [1.82, 2.24) is 5.32 Å². The molecule has 5 nitrogen and oxygen atoms in total. The number of nitrogens with zero attached hydrogens (tertiary/aromatic N) is 1. The maximum absolute atomic E-state index is 12.6. The van der Waals surface area contributed by atoms with Crippen LogP contribution in [0, 0.1) is 0 Å². The van der Waals surface area contributed by atoms with Crippen LogP contribution in [0.1, 0.15) is 33.6 Å². The van der Waals surface area contributed by atoms with Crippen molar-refractivity contribution in [2.75, 3.05) is 18.6 Å². The largest absolute Gasteiger partial charge is 0.497 e. The van der Waals surface area contributed by atoms with E-state index in [1.165, 1.54) is 0 Å². The van der Waals surface area contributed by atoms with Crippen molar-refractivity contribution in [3.05, 3.63) is 63.9 Å². The van der Waals surface area contributed by atoms with Crippen molar-refractivity contribution < 1.29 is 14.3 Å². The molecule has 1 amide bonds. The van der Waals surface area contributed by atoms with Gasteiger partial charge in [0.05, 0.1) is 28.9 Å². The van der Waals surface area contributed by atoms with Crippen LogP contribution in [-0.2, 0) is 4.74 Å².